The van der Waals surface area contributed by atoms with E-state index in [9.17, 15) is 4.79 Å². The van der Waals surface area contributed by atoms with Gasteiger partial charge in [0, 0.05) is 19.0 Å². The zero-order chi connectivity index (χ0) is 11.5. The fraction of sp³-hybridized carbons (Fsp3) is 0.400. The molecule has 16 heavy (non-hydrogen) atoms. The summed E-state index contributed by atoms with van der Waals surface area (Å²) in [5, 5.41) is 8.77. The van der Waals surface area contributed by atoms with Gasteiger partial charge in [0.1, 0.15) is 6.10 Å². The Bertz CT molecular complexity index is 379. The van der Waals surface area contributed by atoms with Crippen molar-refractivity contribution in [2.24, 2.45) is 0 Å². The molecular weight excluding hydrogens is 210 g/mol. The summed E-state index contributed by atoms with van der Waals surface area (Å²) in [6, 6.07) is 3.38. The molecule has 1 amide bonds. The number of hydrogen-bond acceptors (Lipinski definition) is 4. The average Bonchev–Trinajstić information content (AvgIpc) is 2.70. The average molecular weight is 223 g/mol. The highest BCUT2D eigenvalue weighted by atomic mass is 16.5. The number of carboxylic acid groups (broad SMARTS) is 1. The molecule has 1 aliphatic rings. The Morgan fingerprint density at radius 3 is 3.00 bits per heavy atom. The summed E-state index contributed by atoms with van der Waals surface area (Å²) >= 11 is 0. The van der Waals surface area contributed by atoms with E-state index in [-0.39, 0.29) is 6.10 Å². The van der Waals surface area contributed by atoms with Crippen molar-refractivity contribution in [3.63, 3.8) is 0 Å². The third-order valence-electron chi connectivity index (χ3n) is 2.46. The van der Waals surface area contributed by atoms with Crippen molar-refractivity contribution in [1.82, 2.24) is 9.88 Å². The Morgan fingerprint density at radius 1 is 1.62 bits per heavy atom. The number of nitrogen functional groups attached to an aromatic ring is 1. The van der Waals surface area contributed by atoms with Crippen molar-refractivity contribution in [2.45, 2.75) is 12.5 Å². The van der Waals surface area contributed by atoms with E-state index < -0.39 is 6.09 Å². The van der Waals surface area contributed by atoms with Crippen LogP contribution in [0.5, 0.6) is 5.88 Å². The van der Waals surface area contributed by atoms with Crippen LogP contribution in [0.4, 0.5) is 10.5 Å². The SMILES string of the molecule is Nc1ccc(O[C@@H]2CCN(C(=O)O)C2)nc1. The summed E-state index contributed by atoms with van der Waals surface area (Å²) in [5.74, 6) is 0.478. The van der Waals surface area contributed by atoms with Gasteiger partial charge in [-0.05, 0) is 6.07 Å². The van der Waals surface area contributed by atoms with Crippen molar-refractivity contribution in [2.75, 3.05) is 18.8 Å². The van der Waals surface area contributed by atoms with Crippen molar-refractivity contribution >= 4 is 11.8 Å². The molecule has 2 heterocycles. The molecule has 0 radical (unpaired) electrons. The van der Waals surface area contributed by atoms with E-state index in [1.807, 2.05) is 0 Å². The molecule has 1 aliphatic heterocycles. The minimum Gasteiger partial charge on any atom is -0.472 e. The van der Waals surface area contributed by atoms with Crippen LogP contribution in [-0.2, 0) is 0 Å². The molecule has 0 bridgehead atoms. The highest BCUT2D eigenvalue weighted by molar-refractivity contribution is 5.65. The fourth-order valence-electron chi connectivity index (χ4n) is 1.63. The highest BCUT2D eigenvalue weighted by Crippen LogP contribution is 2.17. The molecule has 2 rings (SSSR count). The Hall–Kier alpha value is -1.98. The van der Waals surface area contributed by atoms with Gasteiger partial charge in [-0.1, -0.05) is 0 Å². The van der Waals surface area contributed by atoms with Crippen molar-refractivity contribution < 1.29 is 14.6 Å². The van der Waals surface area contributed by atoms with Gasteiger partial charge in [0.25, 0.3) is 0 Å². The van der Waals surface area contributed by atoms with Crippen molar-refractivity contribution in [3.8, 4) is 5.88 Å². The normalized spacial score (nSPS) is 19.8. The van der Waals surface area contributed by atoms with Gasteiger partial charge in [-0.15, -0.1) is 0 Å². The summed E-state index contributed by atoms with van der Waals surface area (Å²) in [4.78, 5) is 16.0. The van der Waals surface area contributed by atoms with Crippen molar-refractivity contribution in [3.05, 3.63) is 18.3 Å². The number of hydrogen-bond donors (Lipinski definition) is 2. The molecule has 6 nitrogen and oxygen atoms in total. The maximum absolute atomic E-state index is 10.7. The lowest BCUT2D eigenvalue weighted by Gasteiger charge is -2.13. The molecule has 0 unspecified atom stereocenters. The lowest BCUT2D eigenvalue weighted by atomic mass is 10.3. The van der Waals surface area contributed by atoms with Gasteiger partial charge in [0.2, 0.25) is 5.88 Å². The summed E-state index contributed by atoms with van der Waals surface area (Å²) in [7, 11) is 0. The van der Waals surface area contributed by atoms with Gasteiger partial charge < -0.3 is 20.5 Å². The number of likely N-dealkylation sites (tertiary alicyclic amines) is 1. The number of nitrogens with zero attached hydrogens (tertiary/aromatic N) is 2. The summed E-state index contributed by atoms with van der Waals surface area (Å²) in [5.41, 5.74) is 6.07. The first-order valence-corrected chi connectivity index (χ1v) is 5.01. The second-order valence-electron chi connectivity index (χ2n) is 3.69. The standard InChI is InChI=1S/C10H13N3O3/c11-7-1-2-9(12-5-7)16-8-3-4-13(6-8)10(14)15/h1-2,5,8H,3-4,6,11H2,(H,14,15)/t8-/m1/s1. The van der Waals surface area contributed by atoms with Crippen LogP contribution < -0.4 is 10.5 Å². The molecule has 6 heteroatoms. The molecule has 1 saturated heterocycles. The van der Waals surface area contributed by atoms with Gasteiger partial charge in [-0.3, -0.25) is 0 Å². The Morgan fingerprint density at radius 2 is 2.44 bits per heavy atom. The van der Waals surface area contributed by atoms with Crippen LogP contribution in [0, 0.1) is 0 Å². The third-order valence-corrected chi connectivity index (χ3v) is 2.46. The quantitative estimate of drug-likeness (QED) is 0.774. The molecule has 0 spiro atoms. The predicted molar refractivity (Wildman–Crippen MR) is 57.3 cm³/mol. The first-order valence-electron chi connectivity index (χ1n) is 5.01. The van der Waals surface area contributed by atoms with Gasteiger partial charge in [0.05, 0.1) is 18.4 Å². The zero-order valence-corrected chi connectivity index (χ0v) is 8.67. The first-order chi connectivity index (χ1) is 7.65. The Balaban J connectivity index is 1.92. The maximum atomic E-state index is 10.7. The lowest BCUT2D eigenvalue weighted by Crippen LogP contribution is -2.29. The van der Waals surface area contributed by atoms with Gasteiger partial charge in [0.15, 0.2) is 0 Å². The van der Waals surface area contributed by atoms with E-state index in [0.717, 1.165) is 0 Å². The fourth-order valence-corrected chi connectivity index (χ4v) is 1.63. The predicted octanol–water partition coefficient (Wildman–Crippen LogP) is 0.795. The topological polar surface area (TPSA) is 88.7 Å². The maximum Gasteiger partial charge on any atom is 0.407 e. The van der Waals surface area contributed by atoms with E-state index in [1.165, 1.54) is 11.1 Å². The number of carbonyl (C=O) groups is 1. The van der Waals surface area contributed by atoms with Crippen LogP contribution >= 0.6 is 0 Å². The van der Waals surface area contributed by atoms with E-state index in [2.05, 4.69) is 4.98 Å². The van der Waals surface area contributed by atoms with E-state index in [0.29, 0.717) is 31.1 Å². The molecule has 0 aliphatic carbocycles. The van der Waals surface area contributed by atoms with E-state index in [1.54, 1.807) is 12.1 Å². The zero-order valence-electron chi connectivity index (χ0n) is 8.67. The molecule has 86 valence electrons. The number of nitrogens with two attached hydrogens (primary N) is 1. The number of aromatic nitrogens is 1. The number of ether oxygens (including phenoxy) is 1. The van der Waals surface area contributed by atoms with Crippen molar-refractivity contribution in [1.29, 1.82) is 0 Å². The smallest absolute Gasteiger partial charge is 0.407 e. The minimum absolute atomic E-state index is 0.118. The Kier molecular flexibility index (Phi) is 2.80. The third kappa shape index (κ3) is 2.33. The van der Waals surface area contributed by atoms with Gasteiger partial charge in [-0.25, -0.2) is 9.78 Å². The van der Waals surface area contributed by atoms with Crippen LogP contribution in [0.15, 0.2) is 18.3 Å². The van der Waals surface area contributed by atoms with Gasteiger partial charge >= 0.3 is 6.09 Å². The van der Waals surface area contributed by atoms with E-state index in [4.69, 9.17) is 15.6 Å². The molecule has 1 atom stereocenters. The van der Waals surface area contributed by atoms with Gasteiger partial charge in [-0.2, -0.15) is 0 Å². The molecule has 1 aromatic heterocycles. The Labute approximate surface area is 92.6 Å². The largest absolute Gasteiger partial charge is 0.472 e. The molecule has 3 N–H and O–H groups in total. The van der Waals surface area contributed by atoms with Crippen LogP contribution in [-0.4, -0.2) is 40.3 Å². The number of amides is 1. The molecule has 1 fully saturated rings. The second kappa shape index (κ2) is 4.26. The van der Waals surface area contributed by atoms with Crippen LogP contribution in [0.3, 0.4) is 0 Å². The van der Waals surface area contributed by atoms with Crippen LogP contribution in [0.1, 0.15) is 6.42 Å². The second-order valence-corrected chi connectivity index (χ2v) is 3.69. The number of anilines is 1. The van der Waals surface area contributed by atoms with E-state index >= 15 is 0 Å². The lowest BCUT2D eigenvalue weighted by molar-refractivity contribution is 0.144. The number of pyridine rings is 1. The molecule has 1 aromatic rings. The van der Waals surface area contributed by atoms with Crippen LogP contribution in [0.2, 0.25) is 0 Å². The molecule has 0 saturated carbocycles. The number of rotatable bonds is 2. The summed E-state index contributed by atoms with van der Waals surface area (Å²) < 4.78 is 5.54. The minimum atomic E-state index is -0.906. The highest BCUT2D eigenvalue weighted by Gasteiger charge is 2.27. The monoisotopic (exact) mass is 223 g/mol. The summed E-state index contributed by atoms with van der Waals surface area (Å²) in [6.07, 6.45) is 1.18. The summed E-state index contributed by atoms with van der Waals surface area (Å²) in [6.45, 7) is 0.899. The first kappa shape index (κ1) is 10.5. The molecule has 0 aromatic carbocycles. The van der Waals surface area contributed by atoms with Crippen LogP contribution in [0.25, 0.3) is 0 Å². The molecular formula is C10H13N3O3.